The first-order valence-electron chi connectivity index (χ1n) is 6.25. The predicted molar refractivity (Wildman–Crippen MR) is 71.8 cm³/mol. The fraction of sp³-hybridized carbons (Fsp3) is 0.500. The van der Waals surface area contributed by atoms with Gasteiger partial charge in [0.1, 0.15) is 12.0 Å². The molecule has 0 radical (unpaired) electrons. The van der Waals surface area contributed by atoms with E-state index in [1.54, 1.807) is 11.9 Å². The van der Waals surface area contributed by atoms with Gasteiger partial charge in [0.2, 0.25) is 0 Å². The Balaban J connectivity index is 2.36. The summed E-state index contributed by atoms with van der Waals surface area (Å²) in [6, 6.07) is 1.18. The standard InChI is InChI=1S/C12H16N4O4/c1-8-7-20-4-3-15(8)12(17)10-5-9(16(18)19)6-14-11(10)13-2/h5-6,8H,3-4,7H2,1-2H3,(H,13,14). The van der Waals surface area contributed by atoms with Crippen LogP contribution in [0.3, 0.4) is 0 Å². The monoisotopic (exact) mass is 280 g/mol. The number of aromatic nitrogens is 1. The number of morpholine rings is 1. The molecule has 0 aromatic carbocycles. The third-order valence-electron chi connectivity index (χ3n) is 3.18. The molecule has 8 nitrogen and oxygen atoms in total. The molecule has 1 aromatic heterocycles. The van der Waals surface area contributed by atoms with Gasteiger partial charge in [0, 0.05) is 19.7 Å². The van der Waals surface area contributed by atoms with Gasteiger partial charge in [0.05, 0.1) is 29.7 Å². The molecule has 0 spiro atoms. The first-order valence-corrected chi connectivity index (χ1v) is 6.25. The summed E-state index contributed by atoms with van der Waals surface area (Å²) in [6.45, 7) is 3.27. The number of hydrogen-bond acceptors (Lipinski definition) is 6. The van der Waals surface area contributed by atoms with E-state index in [2.05, 4.69) is 10.3 Å². The molecule has 0 saturated carbocycles. The van der Waals surface area contributed by atoms with E-state index in [-0.39, 0.29) is 23.2 Å². The van der Waals surface area contributed by atoms with E-state index >= 15 is 0 Å². The minimum atomic E-state index is -0.564. The maximum absolute atomic E-state index is 12.5. The quantitative estimate of drug-likeness (QED) is 0.652. The summed E-state index contributed by atoms with van der Waals surface area (Å²) in [5.74, 6) is 0.0561. The summed E-state index contributed by atoms with van der Waals surface area (Å²) in [7, 11) is 1.62. The van der Waals surface area contributed by atoms with Crippen molar-refractivity contribution in [2.75, 3.05) is 32.1 Å². The maximum atomic E-state index is 12.5. The SMILES string of the molecule is CNc1ncc([N+](=O)[O-])cc1C(=O)N1CCOCC1C. The molecular weight excluding hydrogens is 264 g/mol. The second kappa shape index (κ2) is 5.83. The Morgan fingerprint density at radius 1 is 1.65 bits per heavy atom. The van der Waals surface area contributed by atoms with Gasteiger partial charge in [-0.05, 0) is 6.92 Å². The number of nitrogens with zero attached hydrogens (tertiary/aromatic N) is 3. The molecule has 0 bridgehead atoms. The van der Waals surface area contributed by atoms with Gasteiger partial charge in [0.25, 0.3) is 11.6 Å². The summed E-state index contributed by atoms with van der Waals surface area (Å²) in [4.78, 5) is 28.4. The van der Waals surface area contributed by atoms with Crippen molar-refractivity contribution in [3.05, 3.63) is 27.9 Å². The number of carbonyl (C=O) groups excluding carboxylic acids is 1. The second-order valence-electron chi connectivity index (χ2n) is 4.52. The van der Waals surface area contributed by atoms with Crippen LogP contribution in [-0.4, -0.2) is 53.6 Å². The van der Waals surface area contributed by atoms with Crippen LogP contribution in [0.1, 0.15) is 17.3 Å². The molecule has 1 saturated heterocycles. The van der Waals surface area contributed by atoms with Crippen molar-refractivity contribution in [2.45, 2.75) is 13.0 Å². The third-order valence-corrected chi connectivity index (χ3v) is 3.18. The van der Waals surface area contributed by atoms with Crippen molar-refractivity contribution < 1.29 is 14.5 Å². The highest BCUT2D eigenvalue weighted by molar-refractivity contribution is 5.99. The zero-order chi connectivity index (χ0) is 14.7. The number of ether oxygens (including phenoxy) is 1. The number of hydrogen-bond donors (Lipinski definition) is 1. The van der Waals surface area contributed by atoms with E-state index < -0.39 is 4.92 Å². The molecule has 1 N–H and O–H groups in total. The average Bonchev–Trinajstić information content (AvgIpc) is 2.46. The molecule has 1 aliphatic rings. The van der Waals surface area contributed by atoms with Gasteiger partial charge in [0.15, 0.2) is 0 Å². The molecule has 2 heterocycles. The van der Waals surface area contributed by atoms with E-state index in [1.165, 1.54) is 6.07 Å². The first-order chi connectivity index (χ1) is 9.54. The summed E-state index contributed by atoms with van der Waals surface area (Å²) in [6.07, 6.45) is 1.13. The zero-order valence-electron chi connectivity index (χ0n) is 11.3. The highest BCUT2D eigenvalue weighted by atomic mass is 16.6. The van der Waals surface area contributed by atoms with E-state index in [0.717, 1.165) is 6.20 Å². The van der Waals surface area contributed by atoms with Gasteiger partial charge in [-0.15, -0.1) is 0 Å². The van der Waals surface area contributed by atoms with Crippen LogP contribution in [0.2, 0.25) is 0 Å². The van der Waals surface area contributed by atoms with Crippen LogP contribution >= 0.6 is 0 Å². The van der Waals surface area contributed by atoms with Crippen molar-refractivity contribution in [1.82, 2.24) is 9.88 Å². The minimum Gasteiger partial charge on any atom is -0.377 e. The highest BCUT2D eigenvalue weighted by Gasteiger charge is 2.28. The Morgan fingerprint density at radius 3 is 3.00 bits per heavy atom. The highest BCUT2D eigenvalue weighted by Crippen LogP contribution is 2.22. The number of pyridine rings is 1. The molecule has 0 aliphatic carbocycles. The van der Waals surface area contributed by atoms with Crippen molar-refractivity contribution in [3.8, 4) is 0 Å². The van der Waals surface area contributed by atoms with Crippen LogP contribution in [-0.2, 0) is 4.74 Å². The van der Waals surface area contributed by atoms with Gasteiger partial charge in [-0.25, -0.2) is 4.98 Å². The van der Waals surface area contributed by atoms with Gasteiger partial charge < -0.3 is 15.0 Å². The fourth-order valence-electron chi connectivity index (χ4n) is 2.10. The van der Waals surface area contributed by atoms with Crippen LogP contribution in [0.5, 0.6) is 0 Å². The molecule has 1 atom stereocenters. The Labute approximate surface area is 115 Å². The van der Waals surface area contributed by atoms with Crippen LogP contribution in [0, 0.1) is 10.1 Å². The molecule has 2 rings (SSSR count). The van der Waals surface area contributed by atoms with E-state index in [1.807, 2.05) is 6.92 Å². The maximum Gasteiger partial charge on any atom is 0.288 e. The van der Waals surface area contributed by atoms with E-state index in [4.69, 9.17) is 4.74 Å². The fourth-order valence-corrected chi connectivity index (χ4v) is 2.10. The summed E-state index contributed by atoms with van der Waals surface area (Å²) < 4.78 is 5.28. The van der Waals surface area contributed by atoms with Crippen molar-refractivity contribution in [3.63, 3.8) is 0 Å². The number of rotatable bonds is 3. The Bertz CT molecular complexity index is 534. The average molecular weight is 280 g/mol. The molecule has 108 valence electrons. The van der Waals surface area contributed by atoms with Crippen LogP contribution in [0.4, 0.5) is 11.5 Å². The lowest BCUT2D eigenvalue weighted by atomic mass is 10.1. The summed E-state index contributed by atoms with van der Waals surface area (Å²) >= 11 is 0. The largest absolute Gasteiger partial charge is 0.377 e. The third kappa shape index (κ3) is 2.69. The lowest BCUT2D eigenvalue weighted by Crippen LogP contribution is -2.47. The summed E-state index contributed by atoms with van der Waals surface area (Å²) in [5.41, 5.74) is 0.00344. The van der Waals surface area contributed by atoms with Crippen LogP contribution in [0.15, 0.2) is 12.3 Å². The predicted octanol–water partition coefficient (Wildman–Crippen LogP) is 0.892. The molecule has 20 heavy (non-hydrogen) atoms. The van der Waals surface area contributed by atoms with Crippen molar-refractivity contribution in [1.29, 1.82) is 0 Å². The number of anilines is 1. The number of amides is 1. The minimum absolute atomic E-state index is 0.0692. The van der Waals surface area contributed by atoms with E-state index in [0.29, 0.717) is 25.6 Å². The molecule has 8 heteroatoms. The Morgan fingerprint density at radius 2 is 2.40 bits per heavy atom. The first kappa shape index (κ1) is 14.2. The van der Waals surface area contributed by atoms with Gasteiger partial charge in [-0.3, -0.25) is 14.9 Å². The van der Waals surface area contributed by atoms with Gasteiger partial charge in [-0.1, -0.05) is 0 Å². The normalized spacial score (nSPS) is 18.7. The Hall–Kier alpha value is -2.22. The zero-order valence-corrected chi connectivity index (χ0v) is 11.3. The summed E-state index contributed by atoms with van der Waals surface area (Å²) in [5, 5.41) is 13.6. The number of carbonyl (C=O) groups is 1. The Kier molecular flexibility index (Phi) is 4.14. The smallest absolute Gasteiger partial charge is 0.288 e. The molecule has 1 unspecified atom stereocenters. The second-order valence-corrected chi connectivity index (χ2v) is 4.52. The van der Waals surface area contributed by atoms with Crippen molar-refractivity contribution in [2.24, 2.45) is 0 Å². The van der Waals surface area contributed by atoms with Gasteiger partial charge >= 0.3 is 0 Å². The molecule has 1 amide bonds. The number of nitro groups is 1. The number of nitrogens with one attached hydrogen (secondary N) is 1. The molecule has 1 aliphatic heterocycles. The molecule has 1 aromatic rings. The topological polar surface area (TPSA) is 97.6 Å². The van der Waals surface area contributed by atoms with Crippen LogP contribution in [0.25, 0.3) is 0 Å². The van der Waals surface area contributed by atoms with Crippen molar-refractivity contribution >= 4 is 17.4 Å². The lowest BCUT2D eigenvalue weighted by molar-refractivity contribution is -0.385. The van der Waals surface area contributed by atoms with Gasteiger partial charge in [-0.2, -0.15) is 0 Å². The molecule has 1 fully saturated rings. The van der Waals surface area contributed by atoms with Crippen LogP contribution < -0.4 is 5.32 Å². The molecular formula is C12H16N4O4. The van der Waals surface area contributed by atoms with E-state index in [9.17, 15) is 14.9 Å². The lowest BCUT2D eigenvalue weighted by Gasteiger charge is -2.33.